The molecule has 28 heavy (non-hydrogen) atoms. The van der Waals surface area contributed by atoms with Crippen molar-refractivity contribution in [1.82, 2.24) is 15.1 Å². The number of benzene rings is 2. The first-order valence-corrected chi connectivity index (χ1v) is 10.5. The molecule has 3 aromatic rings. The van der Waals surface area contributed by atoms with E-state index in [4.69, 9.17) is 0 Å². The number of hydrogen-bond acceptors (Lipinski definition) is 4. The summed E-state index contributed by atoms with van der Waals surface area (Å²) < 4.78 is 0. The Balaban J connectivity index is 1.59. The molecular weight excluding hydrogens is 366 g/mol. The van der Waals surface area contributed by atoms with E-state index in [9.17, 15) is 4.79 Å². The lowest BCUT2D eigenvalue weighted by Crippen LogP contribution is -2.30. The zero-order valence-corrected chi connectivity index (χ0v) is 17.4. The molecule has 1 heterocycles. The van der Waals surface area contributed by atoms with E-state index in [-0.39, 0.29) is 5.91 Å². The van der Waals surface area contributed by atoms with Gasteiger partial charge < -0.3 is 4.90 Å². The lowest BCUT2D eigenvalue weighted by atomic mass is 10.1. The molecule has 0 aliphatic heterocycles. The summed E-state index contributed by atoms with van der Waals surface area (Å²) in [6.07, 6.45) is 0. The van der Waals surface area contributed by atoms with Crippen LogP contribution in [-0.4, -0.2) is 34.1 Å². The number of amides is 1. The molecule has 0 aliphatic carbocycles. The second kappa shape index (κ2) is 9.51. The molecule has 0 saturated carbocycles. The predicted molar refractivity (Wildman–Crippen MR) is 115 cm³/mol. The standard InChI is InChI=1S/C23H25N3OS/c1-4-26(5-2)23(27)20-12-8-18(9-13-20)16-28-22-15-14-21(24-25-22)19-10-6-17(3)7-11-19/h6-15H,4-5,16H2,1-3H3. The van der Waals surface area contributed by atoms with Gasteiger partial charge in [0.1, 0.15) is 5.03 Å². The van der Waals surface area contributed by atoms with Crippen LogP contribution < -0.4 is 0 Å². The Labute approximate surface area is 171 Å². The van der Waals surface area contributed by atoms with Gasteiger partial charge in [-0.15, -0.1) is 10.2 Å². The molecule has 0 N–H and O–H groups in total. The van der Waals surface area contributed by atoms with Crippen LogP contribution in [0.1, 0.15) is 35.3 Å². The van der Waals surface area contributed by atoms with Gasteiger partial charge in [0.2, 0.25) is 0 Å². The maximum absolute atomic E-state index is 12.4. The largest absolute Gasteiger partial charge is 0.339 e. The molecule has 0 bridgehead atoms. The van der Waals surface area contributed by atoms with Gasteiger partial charge in [-0.2, -0.15) is 0 Å². The number of aromatic nitrogens is 2. The van der Waals surface area contributed by atoms with Crippen molar-refractivity contribution >= 4 is 17.7 Å². The van der Waals surface area contributed by atoms with E-state index in [0.717, 1.165) is 46.3 Å². The molecule has 1 aromatic heterocycles. The Morgan fingerprint density at radius 3 is 2.14 bits per heavy atom. The Bertz CT molecular complexity index is 902. The molecule has 5 heteroatoms. The van der Waals surface area contributed by atoms with Gasteiger partial charge in [0, 0.05) is 30.0 Å². The Kier molecular flexibility index (Phi) is 6.82. The van der Waals surface area contributed by atoms with Gasteiger partial charge >= 0.3 is 0 Å². The first-order chi connectivity index (χ1) is 13.6. The van der Waals surface area contributed by atoms with Crippen molar-refractivity contribution in [1.29, 1.82) is 0 Å². The highest BCUT2D eigenvalue weighted by atomic mass is 32.2. The number of rotatable bonds is 7. The van der Waals surface area contributed by atoms with Crippen molar-refractivity contribution in [2.24, 2.45) is 0 Å². The van der Waals surface area contributed by atoms with Gasteiger partial charge in [-0.05, 0) is 50.6 Å². The first-order valence-electron chi connectivity index (χ1n) is 9.52. The molecule has 144 valence electrons. The highest BCUT2D eigenvalue weighted by Gasteiger charge is 2.12. The van der Waals surface area contributed by atoms with Crippen molar-refractivity contribution in [2.45, 2.75) is 31.6 Å². The van der Waals surface area contributed by atoms with Gasteiger partial charge in [0.15, 0.2) is 0 Å². The molecule has 0 spiro atoms. The molecule has 1 amide bonds. The van der Waals surface area contributed by atoms with E-state index in [1.807, 2.05) is 55.1 Å². The van der Waals surface area contributed by atoms with Crippen LogP contribution in [0, 0.1) is 6.92 Å². The van der Waals surface area contributed by atoms with E-state index < -0.39 is 0 Å². The average Bonchev–Trinajstić information content (AvgIpc) is 2.74. The van der Waals surface area contributed by atoms with Crippen LogP contribution in [0.15, 0.2) is 65.7 Å². The summed E-state index contributed by atoms with van der Waals surface area (Å²) in [5.41, 5.74) is 5.07. The molecule has 3 rings (SSSR count). The normalized spacial score (nSPS) is 10.7. The summed E-state index contributed by atoms with van der Waals surface area (Å²) >= 11 is 1.64. The van der Waals surface area contributed by atoms with Gasteiger partial charge in [-0.3, -0.25) is 4.79 Å². The quantitative estimate of drug-likeness (QED) is 0.518. The van der Waals surface area contributed by atoms with Crippen LogP contribution in [0.5, 0.6) is 0 Å². The minimum atomic E-state index is 0.0850. The molecule has 0 fully saturated rings. The predicted octanol–water partition coefficient (Wildman–Crippen LogP) is 5.23. The second-order valence-corrected chi connectivity index (χ2v) is 7.58. The van der Waals surface area contributed by atoms with Crippen LogP contribution in [0.2, 0.25) is 0 Å². The summed E-state index contributed by atoms with van der Waals surface area (Å²) in [4.78, 5) is 14.2. The molecule has 2 aromatic carbocycles. The minimum Gasteiger partial charge on any atom is -0.339 e. The third kappa shape index (κ3) is 4.98. The van der Waals surface area contributed by atoms with Crippen LogP contribution in [0.4, 0.5) is 0 Å². The smallest absolute Gasteiger partial charge is 0.253 e. The molecule has 0 saturated heterocycles. The van der Waals surface area contributed by atoms with E-state index >= 15 is 0 Å². The minimum absolute atomic E-state index is 0.0850. The first kappa shape index (κ1) is 20.1. The van der Waals surface area contributed by atoms with Crippen molar-refractivity contribution in [3.05, 3.63) is 77.4 Å². The fourth-order valence-corrected chi connectivity index (χ4v) is 3.64. The SMILES string of the molecule is CCN(CC)C(=O)c1ccc(CSc2ccc(-c3ccc(C)cc3)nn2)cc1. The van der Waals surface area contributed by atoms with Crippen LogP contribution in [0.25, 0.3) is 11.3 Å². The summed E-state index contributed by atoms with van der Waals surface area (Å²) in [5.74, 6) is 0.875. The highest BCUT2D eigenvalue weighted by Crippen LogP contribution is 2.23. The van der Waals surface area contributed by atoms with E-state index in [1.165, 1.54) is 5.56 Å². The Hall–Kier alpha value is -2.66. The monoisotopic (exact) mass is 391 g/mol. The van der Waals surface area contributed by atoms with Crippen molar-refractivity contribution in [2.75, 3.05) is 13.1 Å². The zero-order valence-electron chi connectivity index (χ0n) is 16.6. The van der Waals surface area contributed by atoms with Crippen LogP contribution >= 0.6 is 11.8 Å². The number of nitrogens with zero attached hydrogens (tertiary/aromatic N) is 3. The number of thioether (sulfide) groups is 1. The highest BCUT2D eigenvalue weighted by molar-refractivity contribution is 7.98. The van der Waals surface area contributed by atoms with Crippen LogP contribution in [0.3, 0.4) is 0 Å². The third-order valence-corrected chi connectivity index (χ3v) is 5.62. The van der Waals surface area contributed by atoms with Gasteiger partial charge in [-0.25, -0.2) is 0 Å². The van der Waals surface area contributed by atoms with Crippen molar-refractivity contribution in [3.8, 4) is 11.3 Å². The number of aryl methyl sites for hydroxylation is 1. The number of hydrogen-bond donors (Lipinski definition) is 0. The topological polar surface area (TPSA) is 46.1 Å². The van der Waals surface area contributed by atoms with Gasteiger partial charge in [0.25, 0.3) is 5.91 Å². The second-order valence-electron chi connectivity index (χ2n) is 6.59. The molecule has 4 nitrogen and oxygen atoms in total. The van der Waals surface area contributed by atoms with Crippen molar-refractivity contribution < 1.29 is 4.79 Å². The van der Waals surface area contributed by atoms with Gasteiger partial charge in [0.05, 0.1) is 5.69 Å². The lowest BCUT2D eigenvalue weighted by Gasteiger charge is -2.18. The summed E-state index contributed by atoms with van der Waals surface area (Å²) in [6, 6.07) is 20.1. The maximum Gasteiger partial charge on any atom is 0.253 e. The molecule has 0 atom stereocenters. The Morgan fingerprint density at radius 2 is 1.57 bits per heavy atom. The fraction of sp³-hybridized carbons (Fsp3) is 0.261. The number of carbonyl (C=O) groups excluding carboxylic acids is 1. The average molecular weight is 392 g/mol. The Morgan fingerprint density at radius 1 is 0.893 bits per heavy atom. The fourth-order valence-electron chi connectivity index (χ4n) is 2.87. The summed E-state index contributed by atoms with van der Waals surface area (Å²) in [7, 11) is 0. The number of carbonyl (C=O) groups is 1. The maximum atomic E-state index is 12.4. The molecule has 0 radical (unpaired) electrons. The van der Waals surface area contributed by atoms with Gasteiger partial charge in [-0.1, -0.05) is 53.7 Å². The molecular formula is C23H25N3OS. The third-order valence-electron chi connectivity index (χ3n) is 4.63. The lowest BCUT2D eigenvalue weighted by molar-refractivity contribution is 0.0773. The molecule has 0 unspecified atom stereocenters. The van der Waals surface area contributed by atoms with E-state index in [0.29, 0.717) is 0 Å². The summed E-state index contributed by atoms with van der Waals surface area (Å²) in [6.45, 7) is 7.52. The van der Waals surface area contributed by atoms with E-state index in [2.05, 4.69) is 41.4 Å². The zero-order chi connectivity index (χ0) is 19.9. The van der Waals surface area contributed by atoms with Crippen LogP contribution in [-0.2, 0) is 5.75 Å². The molecule has 0 aliphatic rings. The summed E-state index contributed by atoms with van der Waals surface area (Å²) in [5, 5.41) is 9.57. The van der Waals surface area contributed by atoms with Crippen molar-refractivity contribution in [3.63, 3.8) is 0 Å². The van der Waals surface area contributed by atoms with E-state index in [1.54, 1.807) is 11.8 Å².